The number of benzene rings is 3. The van der Waals surface area contributed by atoms with Crippen LogP contribution in [0.5, 0.6) is 5.75 Å². The Morgan fingerprint density at radius 3 is 1.96 bits per heavy atom. The first-order valence-corrected chi connectivity index (χ1v) is 8.41. The maximum absolute atomic E-state index is 12.4. The molecule has 0 atom stereocenters. The van der Waals surface area contributed by atoms with Gasteiger partial charge < -0.3 is 9.64 Å². The topological polar surface area (TPSA) is 29.5 Å². The lowest BCUT2D eigenvalue weighted by atomic mass is 10.1. The minimum absolute atomic E-state index is 0.0212. The lowest BCUT2D eigenvalue weighted by Crippen LogP contribution is -2.34. The van der Waals surface area contributed by atoms with E-state index in [0.29, 0.717) is 12.3 Å². The van der Waals surface area contributed by atoms with Gasteiger partial charge in [-0.15, -0.1) is 0 Å². The van der Waals surface area contributed by atoms with E-state index in [4.69, 9.17) is 4.74 Å². The molecule has 126 valence electrons. The van der Waals surface area contributed by atoms with Crippen LogP contribution in [0.1, 0.15) is 6.92 Å². The van der Waals surface area contributed by atoms with Crippen LogP contribution in [0.2, 0.25) is 0 Å². The van der Waals surface area contributed by atoms with Crippen LogP contribution in [-0.4, -0.2) is 19.1 Å². The first-order chi connectivity index (χ1) is 12.3. The van der Waals surface area contributed by atoms with Gasteiger partial charge in [-0.1, -0.05) is 60.7 Å². The van der Waals surface area contributed by atoms with E-state index in [-0.39, 0.29) is 12.5 Å². The van der Waals surface area contributed by atoms with Gasteiger partial charge in [-0.05, 0) is 42.3 Å². The molecule has 0 aliphatic heterocycles. The summed E-state index contributed by atoms with van der Waals surface area (Å²) >= 11 is 0. The second kappa shape index (κ2) is 8.15. The monoisotopic (exact) mass is 331 g/mol. The van der Waals surface area contributed by atoms with Crippen molar-refractivity contribution >= 4 is 11.6 Å². The molecule has 1 amide bonds. The molecule has 0 saturated heterocycles. The highest BCUT2D eigenvalue weighted by molar-refractivity contribution is 5.94. The van der Waals surface area contributed by atoms with Gasteiger partial charge in [0.15, 0.2) is 6.61 Å². The van der Waals surface area contributed by atoms with Crippen molar-refractivity contribution in [2.24, 2.45) is 0 Å². The molecule has 3 aromatic rings. The number of nitrogens with zero attached hydrogens (tertiary/aromatic N) is 1. The summed E-state index contributed by atoms with van der Waals surface area (Å²) in [6.45, 7) is 2.59. The summed E-state index contributed by atoms with van der Waals surface area (Å²) in [5.74, 6) is 0.637. The van der Waals surface area contributed by atoms with Gasteiger partial charge in [0.2, 0.25) is 0 Å². The Bertz CT molecular complexity index is 798. The summed E-state index contributed by atoms with van der Waals surface area (Å²) < 4.78 is 5.67. The number of ether oxygens (including phenoxy) is 1. The predicted molar refractivity (Wildman–Crippen MR) is 102 cm³/mol. The summed E-state index contributed by atoms with van der Waals surface area (Å²) in [6, 6.07) is 27.6. The van der Waals surface area contributed by atoms with E-state index in [0.717, 1.165) is 16.8 Å². The molecule has 3 nitrogen and oxygen atoms in total. The smallest absolute Gasteiger partial charge is 0.264 e. The molecule has 0 spiro atoms. The Labute approximate surface area is 148 Å². The molecule has 3 heteroatoms. The molecule has 0 bridgehead atoms. The third kappa shape index (κ3) is 4.27. The van der Waals surface area contributed by atoms with E-state index in [9.17, 15) is 4.79 Å². The average Bonchev–Trinajstić information content (AvgIpc) is 2.69. The van der Waals surface area contributed by atoms with Crippen molar-refractivity contribution in [1.82, 2.24) is 0 Å². The van der Waals surface area contributed by atoms with Gasteiger partial charge in [-0.25, -0.2) is 0 Å². The SMILES string of the molecule is CCN(C(=O)COc1ccc(-c2ccccc2)cc1)c1ccccc1. The van der Waals surface area contributed by atoms with Crippen LogP contribution in [0.15, 0.2) is 84.9 Å². The number of hydrogen-bond acceptors (Lipinski definition) is 2. The summed E-state index contributed by atoms with van der Waals surface area (Å²) in [5.41, 5.74) is 3.17. The van der Waals surface area contributed by atoms with Crippen LogP contribution in [-0.2, 0) is 4.79 Å². The normalized spacial score (nSPS) is 10.3. The van der Waals surface area contributed by atoms with E-state index in [1.165, 1.54) is 0 Å². The van der Waals surface area contributed by atoms with Gasteiger partial charge in [0.25, 0.3) is 5.91 Å². The molecule has 0 aliphatic carbocycles. The number of rotatable bonds is 6. The predicted octanol–water partition coefficient (Wildman–Crippen LogP) is 4.79. The van der Waals surface area contributed by atoms with Crippen LogP contribution in [0.25, 0.3) is 11.1 Å². The van der Waals surface area contributed by atoms with Gasteiger partial charge in [0, 0.05) is 12.2 Å². The third-order valence-corrected chi connectivity index (χ3v) is 4.01. The van der Waals surface area contributed by atoms with E-state index in [1.54, 1.807) is 4.90 Å². The number of amides is 1. The van der Waals surface area contributed by atoms with Gasteiger partial charge in [-0.2, -0.15) is 0 Å². The summed E-state index contributed by atoms with van der Waals surface area (Å²) in [4.78, 5) is 14.2. The van der Waals surface area contributed by atoms with Crippen molar-refractivity contribution in [3.05, 3.63) is 84.9 Å². The molecule has 0 aliphatic rings. The lowest BCUT2D eigenvalue weighted by molar-refractivity contribution is -0.120. The highest BCUT2D eigenvalue weighted by atomic mass is 16.5. The zero-order valence-electron chi connectivity index (χ0n) is 14.3. The lowest BCUT2D eigenvalue weighted by Gasteiger charge is -2.21. The number of para-hydroxylation sites is 1. The van der Waals surface area contributed by atoms with Gasteiger partial charge in [0.05, 0.1) is 0 Å². The minimum Gasteiger partial charge on any atom is -0.484 e. The van der Waals surface area contributed by atoms with Crippen LogP contribution in [0.3, 0.4) is 0 Å². The standard InChI is InChI=1S/C22H21NO2/c1-2-23(20-11-7-4-8-12-20)22(24)17-25-21-15-13-19(14-16-21)18-9-5-3-6-10-18/h3-16H,2,17H2,1H3. The Morgan fingerprint density at radius 2 is 1.36 bits per heavy atom. The average molecular weight is 331 g/mol. The fourth-order valence-electron chi connectivity index (χ4n) is 2.71. The van der Waals surface area contributed by atoms with Gasteiger partial charge >= 0.3 is 0 Å². The quantitative estimate of drug-likeness (QED) is 0.650. The Hall–Kier alpha value is -3.07. The molecule has 0 N–H and O–H groups in total. The summed E-state index contributed by atoms with van der Waals surface area (Å²) in [6.07, 6.45) is 0. The maximum Gasteiger partial charge on any atom is 0.264 e. The third-order valence-electron chi connectivity index (χ3n) is 4.01. The Balaban J connectivity index is 1.62. The molecular formula is C22H21NO2. The molecular weight excluding hydrogens is 310 g/mol. The zero-order valence-corrected chi connectivity index (χ0v) is 14.3. The van der Waals surface area contributed by atoms with Crippen LogP contribution < -0.4 is 9.64 Å². The summed E-state index contributed by atoms with van der Waals surface area (Å²) in [7, 11) is 0. The highest BCUT2D eigenvalue weighted by Gasteiger charge is 2.14. The van der Waals surface area contributed by atoms with Crippen molar-refractivity contribution in [2.45, 2.75) is 6.92 Å². The van der Waals surface area contributed by atoms with Crippen LogP contribution in [0, 0.1) is 0 Å². The van der Waals surface area contributed by atoms with Crippen LogP contribution in [0.4, 0.5) is 5.69 Å². The second-order valence-corrected chi connectivity index (χ2v) is 5.65. The van der Waals surface area contributed by atoms with Crippen molar-refractivity contribution < 1.29 is 9.53 Å². The number of carbonyl (C=O) groups is 1. The second-order valence-electron chi connectivity index (χ2n) is 5.65. The molecule has 0 fully saturated rings. The van der Waals surface area contributed by atoms with Gasteiger partial charge in [0.1, 0.15) is 5.75 Å². The molecule has 25 heavy (non-hydrogen) atoms. The van der Waals surface area contributed by atoms with Crippen LogP contribution >= 0.6 is 0 Å². The van der Waals surface area contributed by atoms with E-state index >= 15 is 0 Å². The van der Waals surface area contributed by atoms with E-state index < -0.39 is 0 Å². The molecule has 3 rings (SSSR count). The molecule has 0 aromatic heterocycles. The summed E-state index contributed by atoms with van der Waals surface area (Å²) in [5, 5.41) is 0. The first-order valence-electron chi connectivity index (χ1n) is 8.41. The van der Waals surface area contributed by atoms with Crippen molar-refractivity contribution in [3.8, 4) is 16.9 Å². The number of anilines is 1. The van der Waals surface area contributed by atoms with Crippen molar-refractivity contribution in [3.63, 3.8) is 0 Å². The number of hydrogen-bond donors (Lipinski definition) is 0. The van der Waals surface area contributed by atoms with Crippen molar-refractivity contribution in [1.29, 1.82) is 0 Å². The Morgan fingerprint density at radius 1 is 0.800 bits per heavy atom. The molecule has 0 saturated carbocycles. The molecule has 0 heterocycles. The first kappa shape index (κ1) is 16.8. The zero-order chi connectivity index (χ0) is 17.5. The highest BCUT2D eigenvalue weighted by Crippen LogP contribution is 2.22. The molecule has 3 aromatic carbocycles. The minimum atomic E-state index is -0.0548. The van der Waals surface area contributed by atoms with Crippen molar-refractivity contribution in [2.75, 3.05) is 18.1 Å². The van der Waals surface area contributed by atoms with E-state index in [2.05, 4.69) is 12.1 Å². The van der Waals surface area contributed by atoms with Gasteiger partial charge in [-0.3, -0.25) is 4.79 Å². The maximum atomic E-state index is 12.4. The fraction of sp³-hybridized carbons (Fsp3) is 0.136. The number of carbonyl (C=O) groups excluding carboxylic acids is 1. The largest absolute Gasteiger partial charge is 0.484 e. The van der Waals surface area contributed by atoms with E-state index in [1.807, 2.05) is 79.7 Å². The Kier molecular flexibility index (Phi) is 5.47. The number of likely N-dealkylation sites (N-methyl/N-ethyl adjacent to an activating group) is 1. The molecule has 0 unspecified atom stereocenters. The fourth-order valence-corrected chi connectivity index (χ4v) is 2.71. The molecule has 0 radical (unpaired) electrons.